The lowest BCUT2D eigenvalue weighted by atomic mass is 10.1. The van der Waals surface area contributed by atoms with Gasteiger partial charge in [0.15, 0.2) is 0 Å². The van der Waals surface area contributed by atoms with E-state index in [1.54, 1.807) is 7.05 Å². The van der Waals surface area contributed by atoms with Gasteiger partial charge in [-0.25, -0.2) is 0 Å². The number of nitrogens with one attached hydrogen (secondary N) is 2. The Balaban J connectivity index is 3.52. The third kappa shape index (κ3) is 6.58. The summed E-state index contributed by atoms with van der Waals surface area (Å²) < 4.78 is 0. The molecule has 0 saturated carbocycles. The maximum atomic E-state index is 10.9. The molecule has 0 spiro atoms. The Bertz CT molecular complexity index is 137. The van der Waals surface area contributed by atoms with Crippen molar-refractivity contribution >= 4 is 5.91 Å². The van der Waals surface area contributed by atoms with E-state index in [1.807, 2.05) is 0 Å². The van der Waals surface area contributed by atoms with Crippen LogP contribution >= 0.6 is 0 Å². The normalized spacial score (nSPS) is 12.5. The van der Waals surface area contributed by atoms with E-state index in [0.717, 1.165) is 6.42 Å². The molecule has 0 radical (unpaired) electrons. The van der Waals surface area contributed by atoms with Crippen LogP contribution in [0.2, 0.25) is 0 Å². The lowest BCUT2D eigenvalue weighted by Crippen LogP contribution is -2.37. The van der Waals surface area contributed by atoms with Gasteiger partial charge in [-0.3, -0.25) is 4.79 Å². The number of carbonyl (C=O) groups is 1. The van der Waals surface area contributed by atoms with Gasteiger partial charge in [-0.15, -0.1) is 0 Å². The summed E-state index contributed by atoms with van der Waals surface area (Å²) in [7, 11) is 1.66. The Kier molecular flexibility index (Phi) is 7.69. The van der Waals surface area contributed by atoms with Crippen molar-refractivity contribution < 1.29 is 4.79 Å². The average Bonchev–Trinajstić information content (AvgIpc) is 2.17. The molecule has 1 atom stereocenters. The first kappa shape index (κ1) is 12.4. The van der Waals surface area contributed by atoms with Crippen LogP contribution < -0.4 is 10.6 Å². The van der Waals surface area contributed by atoms with Gasteiger partial charge in [0, 0.05) is 13.1 Å². The highest BCUT2D eigenvalue weighted by Gasteiger charge is 2.06. The van der Waals surface area contributed by atoms with Crippen molar-refractivity contribution in [3.05, 3.63) is 0 Å². The molecule has 3 nitrogen and oxygen atoms in total. The van der Waals surface area contributed by atoms with Gasteiger partial charge >= 0.3 is 0 Å². The molecule has 0 bridgehead atoms. The molecule has 1 unspecified atom stereocenters. The highest BCUT2D eigenvalue weighted by molar-refractivity contribution is 5.77. The Labute approximate surface area is 81.3 Å². The van der Waals surface area contributed by atoms with Crippen molar-refractivity contribution in [2.24, 2.45) is 0 Å². The monoisotopic (exact) mass is 186 g/mol. The molecule has 0 aliphatic carbocycles. The molecule has 0 aromatic rings. The number of unbranched alkanes of at least 4 members (excludes halogenated alkanes) is 1. The van der Waals surface area contributed by atoms with Crippen LogP contribution in [-0.4, -0.2) is 25.5 Å². The highest BCUT2D eigenvalue weighted by atomic mass is 16.1. The maximum absolute atomic E-state index is 10.9. The number of rotatable bonds is 7. The predicted octanol–water partition coefficient (Wildman–Crippen LogP) is 1.29. The first-order chi connectivity index (χ1) is 6.24. The van der Waals surface area contributed by atoms with Gasteiger partial charge in [-0.1, -0.05) is 26.7 Å². The first-order valence-electron chi connectivity index (χ1n) is 5.18. The molecule has 13 heavy (non-hydrogen) atoms. The molecule has 0 aliphatic rings. The van der Waals surface area contributed by atoms with Crippen molar-refractivity contribution in [2.45, 2.75) is 45.6 Å². The average molecular weight is 186 g/mol. The summed E-state index contributed by atoms with van der Waals surface area (Å²) in [6, 6.07) is 0.497. The quantitative estimate of drug-likeness (QED) is 0.629. The van der Waals surface area contributed by atoms with E-state index in [4.69, 9.17) is 0 Å². The molecule has 2 N–H and O–H groups in total. The van der Waals surface area contributed by atoms with Crippen molar-refractivity contribution in [1.29, 1.82) is 0 Å². The van der Waals surface area contributed by atoms with Crippen molar-refractivity contribution in [2.75, 3.05) is 13.6 Å². The zero-order valence-electron chi connectivity index (χ0n) is 9.02. The summed E-state index contributed by atoms with van der Waals surface area (Å²) in [4.78, 5) is 10.9. The molecule has 3 heteroatoms. The molecular formula is C10H22N2O. The van der Waals surface area contributed by atoms with Gasteiger partial charge in [-0.2, -0.15) is 0 Å². The molecular weight excluding hydrogens is 164 g/mol. The number of hydrogen-bond donors (Lipinski definition) is 2. The third-order valence-electron chi connectivity index (χ3n) is 2.23. The Hall–Kier alpha value is -0.570. The molecule has 0 rings (SSSR count). The Morgan fingerprint density at radius 3 is 2.54 bits per heavy atom. The summed E-state index contributed by atoms with van der Waals surface area (Å²) in [5.41, 5.74) is 0. The maximum Gasteiger partial charge on any atom is 0.233 e. The predicted molar refractivity (Wildman–Crippen MR) is 55.7 cm³/mol. The van der Waals surface area contributed by atoms with Crippen LogP contribution in [0.4, 0.5) is 0 Å². The van der Waals surface area contributed by atoms with E-state index in [2.05, 4.69) is 24.5 Å². The summed E-state index contributed by atoms with van der Waals surface area (Å²) in [5, 5.41) is 5.84. The lowest BCUT2D eigenvalue weighted by molar-refractivity contribution is -0.119. The lowest BCUT2D eigenvalue weighted by Gasteiger charge is -2.15. The van der Waals surface area contributed by atoms with E-state index in [9.17, 15) is 4.79 Å². The van der Waals surface area contributed by atoms with Crippen LogP contribution in [0.3, 0.4) is 0 Å². The fraction of sp³-hybridized carbons (Fsp3) is 0.900. The molecule has 0 saturated heterocycles. The zero-order valence-corrected chi connectivity index (χ0v) is 9.02. The van der Waals surface area contributed by atoms with Gasteiger partial charge in [-0.05, 0) is 12.8 Å². The standard InChI is InChI=1S/C10H22N2O/c1-4-6-7-9(5-2)12-8-10(13)11-3/h9,12H,4-8H2,1-3H3,(H,11,13). The second kappa shape index (κ2) is 8.05. The van der Waals surface area contributed by atoms with Crippen LogP contribution in [0, 0.1) is 0 Å². The van der Waals surface area contributed by atoms with E-state index in [-0.39, 0.29) is 5.91 Å². The fourth-order valence-corrected chi connectivity index (χ4v) is 1.23. The molecule has 78 valence electrons. The van der Waals surface area contributed by atoms with Crippen molar-refractivity contribution in [1.82, 2.24) is 10.6 Å². The molecule has 0 aromatic carbocycles. The minimum Gasteiger partial charge on any atom is -0.358 e. The number of likely N-dealkylation sites (N-methyl/N-ethyl adjacent to an activating group) is 1. The summed E-state index contributed by atoms with van der Waals surface area (Å²) >= 11 is 0. The highest BCUT2D eigenvalue weighted by Crippen LogP contribution is 2.03. The Morgan fingerprint density at radius 1 is 1.38 bits per heavy atom. The van der Waals surface area contributed by atoms with Gasteiger partial charge in [0.1, 0.15) is 0 Å². The summed E-state index contributed by atoms with van der Waals surface area (Å²) in [6.07, 6.45) is 4.72. The van der Waals surface area contributed by atoms with Crippen LogP contribution in [0.25, 0.3) is 0 Å². The first-order valence-corrected chi connectivity index (χ1v) is 5.18. The smallest absolute Gasteiger partial charge is 0.233 e. The van der Waals surface area contributed by atoms with Crippen molar-refractivity contribution in [3.8, 4) is 0 Å². The minimum absolute atomic E-state index is 0.0648. The van der Waals surface area contributed by atoms with Gasteiger partial charge in [0.05, 0.1) is 6.54 Å². The van der Waals surface area contributed by atoms with Crippen LogP contribution in [0.5, 0.6) is 0 Å². The van der Waals surface area contributed by atoms with E-state index >= 15 is 0 Å². The molecule has 0 aliphatic heterocycles. The van der Waals surface area contributed by atoms with Gasteiger partial charge in [0.25, 0.3) is 0 Å². The largest absolute Gasteiger partial charge is 0.358 e. The third-order valence-corrected chi connectivity index (χ3v) is 2.23. The van der Waals surface area contributed by atoms with E-state index < -0.39 is 0 Å². The van der Waals surface area contributed by atoms with E-state index in [1.165, 1.54) is 19.3 Å². The molecule has 0 fully saturated rings. The molecule has 0 aromatic heterocycles. The molecule has 1 amide bonds. The second-order valence-electron chi connectivity index (χ2n) is 3.30. The SMILES string of the molecule is CCCCC(CC)NCC(=O)NC. The van der Waals surface area contributed by atoms with E-state index in [0.29, 0.717) is 12.6 Å². The van der Waals surface area contributed by atoms with Crippen LogP contribution in [0.15, 0.2) is 0 Å². The summed E-state index contributed by atoms with van der Waals surface area (Å²) in [5.74, 6) is 0.0648. The van der Waals surface area contributed by atoms with Crippen molar-refractivity contribution in [3.63, 3.8) is 0 Å². The zero-order chi connectivity index (χ0) is 10.1. The van der Waals surface area contributed by atoms with Gasteiger partial charge < -0.3 is 10.6 Å². The Morgan fingerprint density at radius 2 is 2.08 bits per heavy atom. The topological polar surface area (TPSA) is 41.1 Å². The fourth-order valence-electron chi connectivity index (χ4n) is 1.23. The summed E-state index contributed by atoms with van der Waals surface area (Å²) in [6.45, 7) is 4.78. The number of hydrogen-bond acceptors (Lipinski definition) is 2. The molecule has 0 heterocycles. The minimum atomic E-state index is 0.0648. The number of carbonyl (C=O) groups excluding carboxylic acids is 1. The second-order valence-corrected chi connectivity index (χ2v) is 3.30. The number of amides is 1. The van der Waals surface area contributed by atoms with Crippen LogP contribution in [0.1, 0.15) is 39.5 Å². The van der Waals surface area contributed by atoms with Gasteiger partial charge in [0.2, 0.25) is 5.91 Å². The van der Waals surface area contributed by atoms with Crippen LogP contribution in [-0.2, 0) is 4.79 Å².